The molecule has 3 amide bonds. The van der Waals surface area contributed by atoms with Gasteiger partial charge in [0.05, 0.1) is 6.54 Å². The summed E-state index contributed by atoms with van der Waals surface area (Å²) >= 11 is 0. The molecule has 3 rings (SSSR count). The van der Waals surface area contributed by atoms with Crippen LogP contribution in [0.15, 0.2) is 0 Å². The third-order valence-corrected chi connectivity index (χ3v) is 6.39. The summed E-state index contributed by atoms with van der Waals surface area (Å²) in [4.78, 5) is 42.9. The zero-order valence-corrected chi connectivity index (χ0v) is 17.3. The highest BCUT2D eigenvalue weighted by Gasteiger charge is 2.31. The molecule has 3 saturated heterocycles. The van der Waals surface area contributed by atoms with Gasteiger partial charge in [-0.2, -0.15) is 0 Å². The molecule has 0 aromatic carbocycles. The van der Waals surface area contributed by atoms with Crippen molar-refractivity contribution >= 4 is 17.7 Å². The van der Waals surface area contributed by atoms with Crippen LogP contribution in [-0.2, 0) is 14.4 Å². The first-order valence-electron chi connectivity index (χ1n) is 11.1. The Morgan fingerprint density at radius 2 is 1.50 bits per heavy atom. The van der Waals surface area contributed by atoms with Crippen LogP contribution in [-0.4, -0.2) is 84.3 Å². The molecule has 3 fully saturated rings. The lowest BCUT2D eigenvalue weighted by Gasteiger charge is -2.37. The molecule has 3 aliphatic heterocycles. The Kier molecular flexibility index (Phi) is 7.71. The van der Waals surface area contributed by atoms with E-state index in [9.17, 15) is 14.4 Å². The molecule has 1 N–H and O–H groups in total. The van der Waals surface area contributed by atoms with Crippen molar-refractivity contribution in [2.24, 2.45) is 5.92 Å². The summed E-state index contributed by atoms with van der Waals surface area (Å²) in [5.41, 5.74) is 0. The number of amides is 3. The second kappa shape index (κ2) is 10.2. The lowest BCUT2D eigenvalue weighted by Crippen LogP contribution is -2.51. The highest BCUT2D eigenvalue weighted by Crippen LogP contribution is 2.22. The number of nitrogens with one attached hydrogen (secondary N) is 1. The maximum absolute atomic E-state index is 12.8. The van der Waals surface area contributed by atoms with Crippen molar-refractivity contribution in [1.29, 1.82) is 0 Å². The number of hydrogen-bond donors (Lipinski definition) is 1. The molecule has 28 heavy (non-hydrogen) atoms. The van der Waals surface area contributed by atoms with Gasteiger partial charge in [-0.25, -0.2) is 0 Å². The van der Waals surface area contributed by atoms with E-state index >= 15 is 0 Å². The van der Waals surface area contributed by atoms with Crippen LogP contribution in [0.3, 0.4) is 0 Å². The summed E-state index contributed by atoms with van der Waals surface area (Å²) in [6, 6.07) is 0.149. The normalized spacial score (nSPS) is 25.2. The van der Waals surface area contributed by atoms with Gasteiger partial charge in [-0.15, -0.1) is 0 Å². The van der Waals surface area contributed by atoms with E-state index < -0.39 is 0 Å². The fraction of sp³-hybridized carbons (Fsp3) is 0.857. The van der Waals surface area contributed by atoms with E-state index in [-0.39, 0.29) is 23.8 Å². The lowest BCUT2D eigenvalue weighted by atomic mass is 9.95. The van der Waals surface area contributed by atoms with Crippen molar-refractivity contribution in [3.63, 3.8) is 0 Å². The van der Waals surface area contributed by atoms with Crippen molar-refractivity contribution in [3.8, 4) is 0 Å². The summed E-state index contributed by atoms with van der Waals surface area (Å²) < 4.78 is 0. The predicted octanol–water partition coefficient (Wildman–Crippen LogP) is 1.23. The average Bonchev–Trinajstić information content (AvgIpc) is 2.97. The van der Waals surface area contributed by atoms with E-state index in [1.165, 1.54) is 12.8 Å². The summed E-state index contributed by atoms with van der Waals surface area (Å²) in [7, 11) is 0. The van der Waals surface area contributed by atoms with Crippen molar-refractivity contribution in [2.45, 2.75) is 64.3 Å². The van der Waals surface area contributed by atoms with E-state index in [2.05, 4.69) is 15.1 Å². The van der Waals surface area contributed by atoms with Gasteiger partial charge in [0.25, 0.3) is 0 Å². The largest absolute Gasteiger partial charge is 0.352 e. The molecule has 3 aliphatic rings. The minimum absolute atomic E-state index is 0.00525. The summed E-state index contributed by atoms with van der Waals surface area (Å²) in [5, 5.41) is 2.97. The molecule has 1 unspecified atom stereocenters. The van der Waals surface area contributed by atoms with Gasteiger partial charge in [-0.1, -0.05) is 12.8 Å². The lowest BCUT2D eigenvalue weighted by molar-refractivity contribution is -0.141. The van der Waals surface area contributed by atoms with Crippen molar-refractivity contribution in [3.05, 3.63) is 0 Å². The number of likely N-dealkylation sites (tertiary alicyclic amines) is 3. The quantitative estimate of drug-likeness (QED) is 0.781. The second-order valence-corrected chi connectivity index (χ2v) is 8.67. The van der Waals surface area contributed by atoms with Gasteiger partial charge < -0.3 is 15.1 Å². The van der Waals surface area contributed by atoms with Gasteiger partial charge in [0.2, 0.25) is 17.7 Å². The first kappa shape index (κ1) is 21.1. The molecule has 1 atom stereocenters. The Hall–Kier alpha value is -1.63. The smallest absolute Gasteiger partial charge is 0.236 e. The molecular formula is C21H36N4O3. The van der Waals surface area contributed by atoms with Crippen molar-refractivity contribution in [1.82, 2.24) is 20.0 Å². The summed E-state index contributed by atoms with van der Waals surface area (Å²) in [6.45, 7) is 6.80. The van der Waals surface area contributed by atoms with Gasteiger partial charge in [-0.05, 0) is 45.1 Å². The predicted molar refractivity (Wildman–Crippen MR) is 108 cm³/mol. The molecule has 0 spiro atoms. The Morgan fingerprint density at radius 3 is 2.14 bits per heavy atom. The Morgan fingerprint density at radius 1 is 0.821 bits per heavy atom. The first-order valence-corrected chi connectivity index (χ1v) is 11.1. The third-order valence-electron chi connectivity index (χ3n) is 6.39. The Labute approximate surface area is 168 Å². The van der Waals surface area contributed by atoms with E-state index in [4.69, 9.17) is 0 Å². The molecule has 0 aromatic heterocycles. The Bertz CT molecular complexity index is 552. The molecule has 0 saturated carbocycles. The molecule has 3 heterocycles. The SMILES string of the molecule is CC(=O)NC1CCCN(CC(=O)N2CCC(C(=O)N3CCCCCC3)CC2)C1. The fourth-order valence-electron chi connectivity index (χ4n) is 4.82. The number of hydrogen-bond acceptors (Lipinski definition) is 4. The molecular weight excluding hydrogens is 356 g/mol. The van der Waals surface area contributed by atoms with Crippen LogP contribution in [0.25, 0.3) is 0 Å². The fourth-order valence-corrected chi connectivity index (χ4v) is 4.82. The molecule has 7 nitrogen and oxygen atoms in total. The van der Waals surface area contributed by atoms with Gasteiger partial charge >= 0.3 is 0 Å². The highest BCUT2D eigenvalue weighted by atomic mass is 16.2. The van der Waals surface area contributed by atoms with E-state index in [1.54, 1.807) is 6.92 Å². The number of carbonyl (C=O) groups is 3. The topological polar surface area (TPSA) is 73.0 Å². The molecule has 0 aromatic rings. The van der Waals surface area contributed by atoms with Crippen LogP contribution in [0.2, 0.25) is 0 Å². The minimum atomic E-state index is -0.00525. The maximum atomic E-state index is 12.8. The van der Waals surface area contributed by atoms with Crippen LogP contribution in [0, 0.1) is 5.92 Å². The van der Waals surface area contributed by atoms with Crippen LogP contribution in [0.4, 0.5) is 0 Å². The van der Waals surface area contributed by atoms with Crippen LogP contribution >= 0.6 is 0 Å². The number of carbonyl (C=O) groups excluding carboxylic acids is 3. The van der Waals surface area contributed by atoms with E-state index in [1.807, 2.05) is 4.90 Å². The van der Waals surface area contributed by atoms with Gasteiger partial charge in [0.1, 0.15) is 0 Å². The molecule has 0 bridgehead atoms. The minimum Gasteiger partial charge on any atom is -0.352 e. The zero-order valence-electron chi connectivity index (χ0n) is 17.3. The number of piperidine rings is 2. The second-order valence-electron chi connectivity index (χ2n) is 8.67. The maximum Gasteiger partial charge on any atom is 0.236 e. The molecule has 158 valence electrons. The third kappa shape index (κ3) is 5.93. The molecule has 7 heteroatoms. The standard InChI is InChI=1S/C21H36N4O3/c1-17(26)22-19-7-6-10-23(15-19)16-20(27)24-13-8-18(9-14-24)21(28)25-11-4-2-3-5-12-25/h18-19H,2-16H2,1H3,(H,22,26). The van der Waals surface area contributed by atoms with Gasteiger partial charge in [0, 0.05) is 51.6 Å². The summed E-state index contributed by atoms with van der Waals surface area (Å²) in [5.74, 6) is 0.544. The Balaban J connectivity index is 1.42. The van der Waals surface area contributed by atoms with E-state index in [0.29, 0.717) is 25.5 Å². The summed E-state index contributed by atoms with van der Waals surface area (Å²) in [6.07, 6.45) is 8.27. The zero-order chi connectivity index (χ0) is 19.9. The molecule has 0 radical (unpaired) electrons. The molecule has 0 aliphatic carbocycles. The van der Waals surface area contributed by atoms with Crippen LogP contribution in [0.5, 0.6) is 0 Å². The number of nitrogens with zero attached hydrogens (tertiary/aromatic N) is 3. The average molecular weight is 393 g/mol. The van der Waals surface area contributed by atoms with Crippen molar-refractivity contribution < 1.29 is 14.4 Å². The first-order chi connectivity index (χ1) is 13.5. The van der Waals surface area contributed by atoms with E-state index in [0.717, 1.165) is 64.7 Å². The van der Waals surface area contributed by atoms with Gasteiger partial charge in [-0.3, -0.25) is 19.3 Å². The van der Waals surface area contributed by atoms with Gasteiger partial charge in [0.15, 0.2) is 0 Å². The van der Waals surface area contributed by atoms with Crippen LogP contribution in [0.1, 0.15) is 58.3 Å². The number of rotatable bonds is 4. The highest BCUT2D eigenvalue weighted by molar-refractivity contribution is 5.81. The van der Waals surface area contributed by atoms with Crippen molar-refractivity contribution in [2.75, 3.05) is 45.8 Å². The van der Waals surface area contributed by atoms with Crippen LogP contribution < -0.4 is 5.32 Å². The monoisotopic (exact) mass is 392 g/mol.